The van der Waals surface area contributed by atoms with Crippen molar-refractivity contribution in [1.82, 2.24) is 5.32 Å². The highest BCUT2D eigenvalue weighted by molar-refractivity contribution is 7.12. The number of amides is 3. The molecule has 7 heteroatoms. The number of carbonyl (C=O) groups is 3. The average Bonchev–Trinajstić information content (AvgIpc) is 2.95. The molecule has 2 aromatic rings. The molecule has 21 heavy (non-hydrogen) atoms. The quantitative estimate of drug-likeness (QED) is 0.758. The van der Waals surface area contributed by atoms with Crippen LogP contribution in [0.3, 0.4) is 0 Å². The second-order valence-electron chi connectivity index (χ2n) is 4.28. The number of hydrogen-bond donors (Lipinski definition) is 3. The number of primary amides is 2. The van der Waals surface area contributed by atoms with Gasteiger partial charge in [0.05, 0.1) is 10.4 Å². The molecule has 1 aromatic carbocycles. The summed E-state index contributed by atoms with van der Waals surface area (Å²) in [7, 11) is 0. The van der Waals surface area contributed by atoms with E-state index in [0.29, 0.717) is 5.56 Å². The summed E-state index contributed by atoms with van der Waals surface area (Å²) in [4.78, 5) is 34.9. The first-order valence-corrected chi connectivity index (χ1v) is 6.90. The van der Waals surface area contributed by atoms with E-state index in [1.165, 1.54) is 11.4 Å². The van der Waals surface area contributed by atoms with Gasteiger partial charge in [-0.05, 0) is 11.6 Å². The van der Waals surface area contributed by atoms with Gasteiger partial charge < -0.3 is 16.8 Å². The minimum atomic E-state index is -0.933. The summed E-state index contributed by atoms with van der Waals surface area (Å²) in [5, 5.41) is 4.03. The van der Waals surface area contributed by atoms with Crippen LogP contribution in [0.5, 0.6) is 0 Å². The fourth-order valence-corrected chi connectivity index (χ4v) is 2.55. The van der Waals surface area contributed by atoms with E-state index in [9.17, 15) is 14.4 Å². The number of nitrogens with two attached hydrogens (primary N) is 2. The van der Waals surface area contributed by atoms with Crippen LogP contribution in [0.4, 0.5) is 0 Å². The van der Waals surface area contributed by atoms with Gasteiger partial charge in [0.25, 0.3) is 5.91 Å². The lowest BCUT2D eigenvalue weighted by Gasteiger charge is -2.15. The summed E-state index contributed by atoms with van der Waals surface area (Å²) >= 11 is 1.07. The summed E-state index contributed by atoms with van der Waals surface area (Å²) in [5.41, 5.74) is 11.3. The predicted octanol–water partition coefficient (Wildman–Crippen LogP) is 0.803. The van der Waals surface area contributed by atoms with Gasteiger partial charge in [-0.25, -0.2) is 0 Å². The molecule has 0 aliphatic heterocycles. The molecule has 1 heterocycles. The van der Waals surface area contributed by atoms with Crippen molar-refractivity contribution in [2.24, 2.45) is 11.5 Å². The summed E-state index contributed by atoms with van der Waals surface area (Å²) in [6.45, 7) is 0. The predicted molar refractivity (Wildman–Crippen MR) is 78.7 cm³/mol. The Labute approximate surface area is 124 Å². The first-order chi connectivity index (χ1) is 9.99. The maximum Gasteiger partial charge on any atom is 0.262 e. The third-order valence-electron chi connectivity index (χ3n) is 2.80. The van der Waals surface area contributed by atoms with Crippen LogP contribution < -0.4 is 16.8 Å². The summed E-state index contributed by atoms with van der Waals surface area (Å²) in [6, 6.07) is 9.12. The summed E-state index contributed by atoms with van der Waals surface area (Å²) in [6.07, 6.45) is 0. The van der Waals surface area contributed by atoms with E-state index in [1.54, 1.807) is 30.3 Å². The van der Waals surface area contributed by atoms with Gasteiger partial charge in [0.15, 0.2) is 0 Å². The Morgan fingerprint density at radius 1 is 1.10 bits per heavy atom. The highest BCUT2D eigenvalue weighted by Gasteiger charge is 2.21. The van der Waals surface area contributed by atoms with Gasteiger partial charge in [0.2, 0.25) is 11.8 Å². The van der Waals surface area contributed by atoms with Crippen LogP contribution in [0.15, 0.2) is 41.8 Å². The third-order valence-corrected chi connectivity index (χ3v) is 3.73. The lowest BCUT2D eigenvalue weighted by Crippen LogP contribution is -2.37. The first kappa shape index (κ1) is 14.7. The molecule has 0 spiro atoms. The van der Waals surface area contributed by atoms with Crippen LogP contribution in [0.2, 0.25) is 0 Å². The van der Waals surface area contributed by atoms with Gasteiger partial charge in [0.1, 0.15) is 6.04 Å². The SMILES string of the molecule is NC(=O)c1csc(C(=O)NC(C(N)=O)c2ccccc2)c1. The van der Waals surface area contributed by atoms with Crippen molar-refractivity contribution in [3.63, 3.8) is 0 Å². The van der Waals surface area contributed by atoms with E-state index in [-0.39, 0.29) is 10.4 Å². The normalized spacial score (nSPS) is 11.6. The molecule has 1 atom stereocenters. The molecule has 0 aliphatic carbocycles. The molecule has 2 rings (SSSR count). The van der Waals surface area contributed by atoms with Gasteiger partial charge >= 0.3 is 0 Å². The number of hydrogen-bond acceptors (Lipinski definition) is 4. The number of rotatable bonds is 5. The molecular weight excluding hydrogens is 290 g/mol. The Kier molecular flexibility index (Phi) is 4.34. The van der Waals surface area contributed by atoms with Crippen molar-refractivity contribution >= 4 is 29.1 Å². The number of benzene rings is 1. The van der Waals surface area contributed by atoms with Crippen molar-refractivity contribution < 1.29 is 14.4 Å². The highest BCUT2D eigenvalue weighted by Crippen LogP contribution is 2.17. The number of nitrogens with one attached hydrogen (secondary N) is 1. The van der Waals surface area contributed by atoms with Crippen molar-refractivity contribution in [2.75, 3.05) is 0 Å². The Balaban J connectivity index is 2.19. The Morgan fingerprint density at radius 2 is 1.76 bits per heavy atom. The van der Waals surface area contributed by atoms with Crippen molar-refractivity contribution in [3.8, 4) is 0 Å². The van der Waals surface area contributed by atoms with Crippen LogP contribution in [0.1, 0.15) is 31.6 Å². The second-order valence-corrected chi connectivity index (χ2v) is 5.19. The van der Waals surface area contributed by atoms with E-state index in [4.69, 9.17) is 11.5 Å². The summed E-state index contributed by atoms with van der Waals surface area (Å²) in [5.74, 6) is -1.76. The molecule has 5 N–H and O–H groups in total. The van der Waals surface area contributed by atoms with Crippen LogP contribution in [-0.2, 0) is 4.79 Å². The minimum Gasteiger partial charge on any atom is -0.368 e. The van der Waals surface area contributed by atoms with Crippen LogP contribution in [0, 0.1) is 0 Å². The average molecular weight is 303 g/mol. The largest absolute Gasteiger partial charge is 0.368 e. The number of thiophene rings is 1. The maximum absolute atomic E-state index is 12.1. The molecule has 0 saturated carbocycles. The van der Waals surface area contributed by atoms with Crippen LogP contribution >= 0.6 is 11.3 Å². The topological polar surface area (TPSA) is 115 Å². The van der Waals surface area contributed by atoms with Gasteiger partial charge in [-0.15, -0.1) is 11.3 Å². The molecule has 0 radical (unpaired) electrons. The Morgan fingerprint density at radius 3 is 2.29 bits per heavy atom. The van der Waals surface area contributed by atoms with Gasteiger partial charge in [0, 0.05) is 5.38 Å². The lowest BCUT2D eigenvalue weighted by molar-refractivity contribution is -0.120. The highest BCUT2D eigenvalue weighted by atomic mass is 32.1. The Bertz CT molecular complexity index is 682. The smallest absolute Gasteiger partial charge is 0.262 e. The van der Waals surface area contributed by atoms with Gasteiger partial charge in [-0.1, -0.05) is 30.3 Å². The summed E-state index contributed by atoms with van der Waals surface area (Å²) < 4.78 is 0. The molecule has 6 nitrogen and oxygen atoms in total. The molecule has 3 amide bonds. The third kappa shape index (κ3) is 3.46. The van der Waals surface area contributed by atoms with E-state index in [0.717, 1.165) is 11.3 Å². The molecule has 0 aliphatic rings. The fourth-order valence-electron chi connectivity index (χ4n) is 1.75. The van der Waals surface area contributed by atoms with Crippen LogP contribution in [0.25, 0.3) is 0 Å². The standard InChI is InChI=1S/C14H13N3O3S/c15-12(18)9-6-10(21-7-9)14(20)17-11(13(16)19)8-4-2-1-3-5-8/h1-7,11H,(H2,15,18)(H2,16,19)(H,17,20). The van der Waals surface area contributed by atoms with Gasteiger partial charge in [-0.3, -0.25) is 14.4 Å². The van der Waals surface area contributed by atoms with Crippen molar-refractivity contribution in [1.29, 1.82) is 0 Å². The molecule has 0 saturated heterocycles. The monoisotopic (exact) mass is 303 g/mol. The molecule has 0 bridgehead atoms. The van der Waals surface area contributed by atoms with E-state index in [1.807, 2.05) is 0 Å². The first-order valence-electron chi connectivity index (χ1n) is 6.02. The van der Waals surface area contributed by atoms with E-state index < -0.39 is 23.8 Å². The lowest BCUT2D eigenvalue weighted by atomic mass is 10.1. The zero-order valence-corrected chi connectivity index (χ0v) is 11.7. The molecule has 0 fully saturated rings. The van der Waals surface area contributed by atoms with Crippen LogP contribution in [-0.4, -0.2) is 17.7 Å². The molecule has 108 valence electrons. The van der Waals surface area contributed by atoms with Crippen molar-refractivity contribution in [3.05, 3.63) is 57.8 Å². The zero-order valence-electron chi connectivity index (χ0n) is 10.9. The molecule has 1 aromatic heterocycles. The fraction of sp³-hybridized carbons (Fsp3) is 0.0714. The molecule has 1 unspecified atom stereocenters. The van der Waals surface area contributed by atoms with Crippen molar-refractivity contribution in [2.45, 2.75) is 6.04 Å². The molecular formula is C14H13N3O3S. The van der Waals surface area contributed by atoms with Gasteiger partial charge in [-0.2, -0.15) is 0 Å². The minimum absolute atomic E-state index is 0.250. The zero-order chi connectivity index (χ0) is 15.4. The maximum atomic E-state index is 12.1. The second kappa shape index (κ2) is 6.19. The van der Waals surface area contributed by atoms with E-state index >= 15 is 0 Å². The Hall–Kier alpha value is -2.67. The number of carbonyl (C=O) groups excluding carboxylic acids is 3. The van der Waals surface area contributed by atoms with E-state index in [2.05, 4.69) is 5.32 Å².